The highest BCUT2D eigenvalue weighted by molar-refractivity contribution is 14.1. The quantitative estimate of drug-likeness (QED) is 0.310. The van der Waals surface area contributed by atoms with Crippen LogP contribution in [0.15, 0.2) is 12.1 Å². The molecule has 1 unspecified atom stereocenters. The van der Waals surface area contributed by atoms with E-state index in [9.17, 15) is 39.5 Å². The zero-order valence-corrected chi connectivity index (χ0v) is 8.85. The van der Waals surface area contributed by atoms with Crippen molar-refractivity contribution in [2.75, 3.05) is 0 Å². The van der Waals surface area contributed by atoms with Gasteiger partial charge in [0.2, 0.25) is 0 Å². The fourth-order valence-corrected chi connectivity index (χ4v) is 0.490. The Kier molecular flexibility index (Phi) is 4.39. The van der Waals surface area contributed by atoms with Gasteiger partial charge in [-0.05, 0) is 22.6 Å². The van der Waals surface area contributed by atoms with Gasteiger partial charge in [-0.1, -0.05) is 0 Å². The zero-order valence-electron chi connectivity index (χ0n) is 6.69. The van der Waals surface area contributed by atoms with E-state index in [1.807, 2.05) is 0 Å². The van der Waals surface area contributed by atoms with Crippen LogP contribution < -0.4 is 0 Å². The highest BCUT2D eigenvalue weighted by atomic mass is 127. The molecule has 0 N–H and O–H groups in total. The molecule has 16 heavy (non-hydrogen) atoms. The highest BCUT2D eigenvalue weighted by Gasteiger charge is 2.73. The molecule has 0 aromatic heterocycles. The van der Waals surface area contributed by atoms with Crippen molar-refractivity contribution < 1.29 is 44.3 Å². The number of hydrogen-bond acceptors (Lipinski definition) is 1. The Labute approximate surface area is 95.4 Å². The third kappa shape index (κ3) is 3.07. The average molecular weight is 374 g/mol. The minimum atomic E-state index is -6.13. The molecule has 0 bridgehead atoms. The Hall–Kier alpha value is -0.360. The molecule has 1 nitrogen and oxygen atoms in total. The highest BCUT2D eigenvalue weighted by Crippen LogP contribution is 2.51. The average Bonchev–Trinajstić information content (AvgIpc) is 2.00. The van der Waals surface area contributed by atoms with Crippen molar-refractivity contribution in [3.8, 4) is 0 Å². The van der Waals surface area contributed by atoms with Gasteiger partial charge >= 0.3 is 28.1 Å². The first-order chi connectivity index (χ1) is 6.83. The second-order valence-corrected chi connectivity index (χ2v) is 3.71. The van der Waals surface area contributed by atoms with Crippen LogP contribution in [0.4, 0.5) is 39.5 Å². The summed E-state index contributed by atoms with van der Waals surface area (Å²) in [5, 5.41) is 0. The summed E-state index contributed by atoms with van der Waals surface area (Å²) in [5.41, 5.74) is 0. The van der Waals surface area contributed by atoms with Crippen LogP contribution in [0.5, 0.6) is 0 Å². The number of ether oxygens (including phenoxy) is 1. The molecule has 96 valence electrons. The predicted octanol–water partition coefficient (Wildman–Crippen LogP) is 4.29. The lowest BCUT2D eigenvalue weighted by molar-refractivity contribution is -0.337. The van der Waals surface area contributed by atoms with Crippen LogP contribution in [0.1, 0.15) is 0 Å². The van der Waals surface area contributed by atoms with Crippen molar-refractivity contribution in [2.45, 2.75) is 16.0 Å². The molecular weight excluding hydrogens is 374 g/mol. The van der Waals surface area contributed by atoms with Gasteiger partial charge in [0.05, 0.1) is 0 Å². The van der Waals surface area contributed by atoms with E-state index in [-0.39, 0.29) is 0 Å². The Morgan fingerprint density at radius 3 is 1.50 bits per heavy atom. The molecule has 0 aliphatic heterocycles. The van der Waals surface area contributed by atoms with Crippen LogP contribution in [0.25, 0.3) is 0 Å². The van der Waals surface area contributed by atoms with E-state index in [1.54, 1.807) is 0 Å². The molecule has 0 aliphatic rings. The van der Waals surface area contributed by atoms with E-state index < -0.39 is 50.6 Å². The monoisotopic (exact) mass is 374 g/mol. The van der Waals surface area contributed by atoms with Crippen LogP contribution in [0.3, 0.4) is 0 Å². The molecule has 0 radical (unpaired) electrons. The van der Waals surface area contributed by atoms with Crippen molar-refractivity contribution >= 4 is 22.6 Å². The maximum atomic E-state index is 12.6. The zero-order chi connectivity index (χ0) is 13.4. The van der Waals surface area contributed by atoms with Gasteiger partial charge in [-0.15, -0.1) is 0 Å². The summed E-state index contributed by atoms with van der Waals surface area (Å²) in [5.74, 6) is 0. The smallest absolute Gasteiger partial charge is 0.399 e. The van der Waals surface area contributed by atoms with Crippen LogP contribution >= 0.6 is 22.6 Å². The Bertz CT molecular complexity index is 289. The molecule has 0 saturated heterocycles. The topological polar surface area (TPSA) is 9.23 Å². The molecule has 0 fully saturated rings. The summed E-state index contributed by atoms with van der Waals surface area (Å²) in [4.78, 5) is 0. The van der Waals surface area contributed by atoms with Gasteiger partial charge in [-0.3, -0.25) is 0 Å². The molecule has 0 spiro atoms. The third-order valence-corrected chi connectivity index (χ3v) is 2.33. The largest absolute Gasteiger partial charge is 0.453 e. The second kappa shape index (κ2) is 4.49. The van der Waals surface area contributed by atoms with Crippen molar-refractivity contribution in [3.05, 3.63) is 12.1 Å². The van der Waals surface area contributed by atoms with E-state index in [2.05, 4.69) is 4.74 Å². The molecule has 0 aliphatic carbocycles. The molecule has 0 saturated carbocycles. The predicted molar refractivity (Wildman–Crippen MR) is 40.3 cm³/mol. The minimum absolute atomic E-state index is 0.419. The molecule has 0 amide bonds. The number of rotatable bonds is 3. The molecule has 0 rings (SSSR count). The first kappa shape index (κ1) is 15.6. The molecule has 0 aromatic rings. The maximum Gasteiger partial charge on any atom is 0.453 e. The normalized spacial score (nSPS) is 16.6. The van der Waals surface area contributed by atoms with Crippen LogP contribution in [-0.4, -0.2) is 16.0 Å². The molecule has 11 heteroatoms. The van der Waals surface area contributed by atoms with Gasteiger partial charge in [0.1, 0.15) is 0 Å². The lowest BCUT2D eigenvalue weighted by Gasteiger charge is -2.28. The van der Waals surface area contributed by atoms with E-state index in [4.69, 9.17) is 0 Å². The fraction of sp³-hybridized carbons (Fsp3) is 0.600. The maximum absolute atomic E-state index is 12.6. The van der Waals surface area contributed by atoms with Crippen molar-refractivity contribution in [1.82, 2.24) is 0 Å². The first-order valence-electron chi connectivity index (χ1n) is 3.05. The van der Waals surface area contributed by atoms with E-state index in [0.29, 0.717) is 0 Å². The van der Waals surface area contributed by atoms with E-state index in [1.165, 1.54) is 0 Å². The van der Waals surface area contributed by atoms with Crippen LogP contribution in [0, 0.1) is 0 Å². The Balaban J connectivity index is 5.15. The van der Waals surface area contributed by atoms with Crippen LogP contribution in [0.2, 0.25) is 0 Å². The van der Waals surface area contributed by atoms with Gasteiger partial charge in [-0.25, -0.2) is 4.39 Å². The van der Waals surface area contributed by atoms with Crippen molar-refractivity contribution in [2.24, 2.45) is 0 Å². The van der Waals surface area contributed by atoms with Gasteiger partial charge in [-0.2, -0.15) is 35.1 Å². The number of hydrogen-bond donors (Lipinski definition) is 0. The Morgan fingerprint density at radius 2 is 1.25 bits per heavy atom. The van der Waals surface area contributed by atoms with E-state index >= 15 is 0 Å². The summed E-state index contributed by atoms with van der Waals surface area (Å²) in [7, 11) is 0. The first-order valence-corrected chi connectivity index (χ1v) is 4.13. The lowest BCUT2D eigenvalue weighted by atomic mass is 10.3. The summed E-state index contributed by atoms with van der Waals surface area (Å²) in [6.07, 6.45) is -15.4. The van der Waals surface area contributed by atoms with Crippen LogP contribution in [-0.2, 0) is 4.74 Å². The number of alkyl halides is 7. The standard InChI is InChI=1S/C5F9IO/c6-1(7)2(8)16-5(13,14)3(9,15)4(10,11)12. The summed E-state index contributed by atoms with van der Waals surface area (Å²) >= 11 is -0.419. The number of halogens is 10. The molecular formula is C5F9IO. The molecule has 1 atom stereocenters. The molecule has 0 aromatic carbocycles. The SMILES string of the molecule is FC(F)=C(F)OC(F)(F)C(F)(I)C(F)(F)F. The van der Waals surface area contributed by atoms with Gasteiger partial charge < -0.3 is 4.74 Å². The van der Waals surface area contributed by atoms with Crippen molar-refractivity contribution in [3.63, 3.8) is 0 Å². The third-order valence-electron chi connectivity index (χ3n) is 1.09. The summed E-state index contributed by atoms with van der Waals surface area (Å²) in [6.45, 7) is 0. The van der Waals surface area contributed by atoms with Gasteiger partial charge in [0, 0.05) is 0 Å². The Morgan fingerprint density at radius 1 is 0.875 bits per heavy atom. The fourth-order valence-electron chi connectivity index (χ4n) is 0.380. The van der Waals surface area contributed by atoms with Gasteiger partial charge in [0.15, 0.2) is 0 Å². The molecule has 0 heterocycles. The summed E-state index contributed by atoms with van der Waals surface area (Å²) < 4.78 is 104. The second-order valence-electron chi connectivity index (χ2n) is 2.23. The van der Waals surface area contributed by atoms with E-state index in [0.717, 1.165) is 0 Å². The van der Waals surface area contributed by atoms with Crippen molar-refractivity contribution in [1.29, 1.82) is 0 Å². The lowest BCUT2D eigenvalue weighted by Crippen LogP contribution is -2.51. The summed E-state index contributed by atoms with van der Waals surface area (Å²) in [6, 6.07) is -3.28. The minimum Gasteiger partial charge on any atom is -0.399 e. The van der Waals surface area contributed by atoms with Gasteiger partial charge in [0.25, 0.3) is 0 Å².